The normalized spacial score (nSPS) is 20.0. The van der Waals surface area contributed by atoms with Crippen molar-refractivity contribution in [2.45, 2.75) is 12.1 Å². The van der Waals surface area contributed by atoms with Crippen LogP contribution in [0, 0.1) is 5.82 Å². The standard InChI is InChI=1S/C11H10F4N2/c12-7-1-2-8(6-3-10(16)17-5-6)9(4-7)11(13,14)15/h1-4,6,17H,5,16H2/t6-/m1/s1. The van der Waals surface area contributed by atoms with Gasteiger partial charge in [0.1, 0.15) is 5.82 Å². The van der Waals surface area contributed by atoms with E-state index in [0.717, 1.165) is 12.1 Å². The van der Waals surface area contributed by atoms with Gasteiger partial charge in [-0.2, -0.15) is 13.2 Å². The van der Waals surface area contributed by atoms with Gasteiger partial charge < -0.3 is 11.1 Å². The average molecular weight is 246 g/mol. The predicted octanol–water partition coefficient (Wildman–Crippen LogP) is 2.33. The number of rotatable bonds is 1. The van der Waals surface area contributed by atoms with Crippen LogP contribution >= 0.6 is 0 Å². The molecule has 92 valence electrons. The molecule has 1 aliphatic heterocycles. The Bertz CT molecular complexity index is 465. The molecule has 0 bridgehead atoms. The molecule has 2 rings (SSSR count). The minimum Gasteiger partial charge on any atom is -0.386 e. The third-order valence-corrected chi connectivity index (χ3v) is 2.63. The van der Waals surface area contributed by atoms with Gasteiger partial charge in [-0.15, -0.1) is 0 Å². The predicted molar refractivity (Wildman–Crippen MR) is 54.4 cm³/mol. The third kappa shape index (κ3) is 2.35. The molecular weight excluding hydrogens is 236 g/mol. The fraction of sp³-hybridized carbons (Fsp3) is 0.273. The first-order valence-electron chi connectivity index (χ1n) is 4.96. The summed E-state index contributed by atoms with van der Waals surface area (Å²) in [6, 6.07) is 2.68. The second kappa shape index (κ2) is 3.94. The van der Waals surface area contributed by atoms with E-state index in [1.807, 2.05) is 0 Å². The molecule has 1 heterocycles. The topological polar surface area (TPSA) is 38.0 Å². The largest absolute Gasteiger partial charge is 0.416 e. The molecule has 0 fully saturated rings. The number of halogens is 4. The Morgan fingerprint density at radius 2 is 2.00 bits per heavy atom. The van der Waals surface area contributed by atoms with Crippen molar-refractivity contribution in [2.24, 2.45) is 5.73 Å². The van der Waals surface area contributed by atoms with Gasteiger partial charge in [-0.25, -0.2) is 4.39 Å². The molecule has 1 aromatic rings. The minimum absolute atomic E-state index is 0.0341. The lowest BCUT2D eigenvalue weighted by molar-refractivity contribution is -0.138. The molecule has 2 nitrogen and oxygen atoms in total. The van der Waals surface area contributed by atoms with Crippen LogP contribution in [0.5, 0.6) is 0 Å². The summed E-state index contributed by atoms with van der Waals surface area (Å²) in [5.41, 5.74) is 4.53. The smallest absolute Gasteiger partial charge is 0.386 e. The van der Waals surface area contributed by atoms with Crippen molar-refractivity contribution in [3.63, 3.8) is 0 Å². The Labute approximate surface area is 95.1 Å². The molecule has 0 amide bonds. The maximum absolute atomic E-state index is 12.9. The monoisotopic (exact) mass is 246 g/mol. The van der Waals surface area contributed by atoms with E-state index in [1.54, 1.807) is 0 Å². The summed E-state index contributed by atoms with van der Waals surface area (Å²) >= 11 is 0. The summed E-state index contributed by atoms with van der Waals surface area (Å²) in [5.74, 6) is -1.04. The fourth-order valence-corrected chi connectivity index (χ4v) is 1.86. The number of nitrogens with two attached hydrogens (primary N) is 1. The molecular formula is C11H10F4N2. The molecule has 1 atom stereocenters. The van der Waals surface area contributed by atoms with E-state index in [9.17, 15) is 17.6 Å². The van der Waals surface area contributed by atoms with Crippen LogP contribution in [0.1, 0.15) is 17.0 Å². The van der Waals surface area contributed by atoms with Gasteiger partial charge in [0.2, 0.25) is 0 Å². The summed E-state index contributed by atoms with van der Waals surface area (Å²) in [6.45, 7) is 0.292. The summed E-state index contributed by atoms with van der Waals surface area (Å²) in [6.07, 6.45) is -3.06. The van der Waals surface area contributed by atoms with Crippen molar-refractivity contribution in [3.05, 3.63) is 47.0 Å². The van der Waals surface area contributed by atoms with Gasteiger partial charge >= 0.3 is 6.18 Å². The van der Waals surface area contributed by atoms with Gasteiger partial charge in [0.15, 0.2) is 0 Å². The second-order valence-corrected chi connectivity index (χ2v) is 3.84. The maximum atomic E-state index is 12.9. The number of hydrogen-bond donors (Lipinski definition) is 2. The van der Waals surface area contributed by atoms with Crippen molar-refractivity contribution < 1.29 is 17.6 Å². The third-order valence-electron chi connectivity index (χ3n) is 2.63. The number of alkyl halides is 3. The van der Waals surface area contributed by atoms with Gasteiger partial charge in [0.05, 0.1) is 11.4 Å². The van der Waals surface area contributed by atoms with Crippen LogP contribution in [0.15, 0.2) is 30.1 Å². The van der Waals surface area contributed by atoms with Gasteiger partial charge in [0, 0.05) is 12.5 Å². The molecule has 1 aliphatic rings. The quantitative estimate of drug-likeness (QED) is 0.746. The van der Waals surface area contributed by atoms with E-state index in [-0.39, 0.29) is 5.56 Å². The van der Waals surface area contributed by atoms with E-state index >= 15 is 0 Å². The molecule has 6 heteroatoms. The van der Waals surface area contributed by atoms with Crippen LogP contribution in [0.4, 0.5) is 17.6 Å². The zero-order valence-electron chi connectivity index (χ0n) is 8.68. The Hall–Kier alpha value is -1.72. The molecule has 0 spiro atoms. The highest BCUT2D eigenvalue weighted by Crippen LogP contribution is 2.36. The van der Waals surface area contributed by atoms with Crippen molar-refractivity contribution >= 4 is 0 Å². The fourth-order valence-electron chi connectivity index (χ4n) is 1.86. The van der Waals surface area contributed by atoms with Crippen molar-refractivity contribution in [1.82, 2.24) is 5.32 Å². The van der Waals surface area contributed by atoms with Crippen LogP contribution < -0.4 is 11.1 Å². The Balaban J connectivity index is 2.47. The lowest BCUT2D eigenvalue weighted by Crippen LogP contribution is -2.18. The first-order chi connectivity index (χ1) is 7.88. The minimum atomic E-state index is -4.57. The molecule has 0 aromatic heterocycles. The van der Waals surface area contributed by atoms with Gasteiger partial charge in [-0.1, -0.05) is 6.07 Å². The van der Waals surface area contributed by atoms with Gasteiger partial charge in [-0.05, 0) is 23.8 Å². The maximum Gasteiger partial charge on any atom is 0.416 e. The molecule has 0 saturated heterocycles. The molecule has 0 unspecified atom stereocenters. The van der Waals surface area contributed by atoms with E-state index in [4.69, 9.17) is 5.73 Å². The van der Waals surface area contributed by atoms with Crippen LogP contribution in [-0.2, 0) is 6.18 Å². The van der Waals surface area contributed by atoms with Crippen LogP contribution in [0.25, 0.3) is 0 Å². The Morgan fingerprint density at radius 3 is 2.53 bits per heavy atom. The highest BCUT2D eigenvalue weighted by Gasteiger charge is 2.36. The molecule has 0 saturated carbocycles. The highest BCUT2D eigenvalue weighted by atomic mass is 19.4. The summed E-state index contributed by atoms with van der Waals surface area (Å²) in [7, 11) is 0. The zero-order chi connectivity index (χ0) is 12.6. The van der Waals surface area contributed by atoms with E-state index in [0.29, 0.717) is 18.4 Å². The first-order valence-corrected chi connectivity index (χ1v) is 4.96. The molecule has 1 aromatic carbocycles. The molecule has 17 heavy (non-hydrogen) atoms. The zero-order valence-corrected chi connectivity index (χ0v) is 8.68. The van der Waals surface area contributed by atoms with E-state index < -0.39 is 23.5 Å². The lowest BCUT2D eigenvalue weighted by Gasteiger charge is -2.16. The molecule has 3 N–H and O–H groups in total. The highest BCUT2D eigenvalue weighted by molar-refractivity contribution is 5.38. The van der Waals surface area contributed by atoms with E-state index in [1.165, 1.54) is 6.08 Å². The van der Waals surface area contributed by atoms with Crippen LogP contribution in [-0.4, -0.2) is 6.54 Å². The SMILES string of the molecule is NC1=C[C@@H](c2ccc(F)cc2C(F)(F)F)CN1. The van der Waals surface area contributed by atoms with Crippen LogP contribution in [0.2, 0.25) is 0 Å². The number of nitrogens with one attached hydrogen (secondary N) is 1. The van der Waals surface area contributed by atoms with Crippen molar-refractivity contribution in [2.75, 3.05) is 6.54 Å². The van der Waals surface area contributed by atoms with Crippen molar-refractivity contribution in [3.8, 4) is 0 Å². The Kier molecular flexibility index (Phi) is 2.73. The number of benzene rings is 1. The van der Waals surface area contributed by atoms with Gasteiger partial charge in [-0.3, -0.25) is 0 Å². The summed E-state index contributed by atoms with van der Waals surface area (Å²) < 4.78 is 51.1. The average Bonchev–Trinajstić information content (AvgIpc) is 2.63. The summed E-state index contributed by atoms with van der Waals surface area (Å²) in [5, 5.41) is 2.74. The Morgan fingerprint density at radius 1 is 1.29 bits per heavy atom. The first kappa shape index (κ1) is 11.8. The van der Waals surface area contributed by atoms with Crippen molar-refractivity contribution in [1.29, 1.82) is 0 Å². The molecule has 0 aliphatic carbocycles. The van der Waals surface area contributed by atoms with Gasteiger partial charge in [0.25, 0.3) is 0 Å². The van der Waals surface area contributed by atoms with Crippen LogP contribution in [0.3, 0.4) is 0 Å². The molecule has 0 radical (unpaired) electrons. The second-order valence-electron chi connectivity index (χ2n) is 3.84. The number of hydrogen-bond acceptors (Lipinski definition) is 2. The van der Waals surface area contributed by atoms with E-state index in [2.05, 4.69) is 5.32 Å². The lowest BCUT2D eigenvalue weighted by atomic mass is 9.94. The summed E-state index contributed by atoms with van der Waals surface area (Å²) in [4.78, 5) is 0.